The van der Waals surface area contributed by atoms with Crippen molar-refractivity contribution in [3.63, 3.8) is 0 Å². The molecule has 6 heteroatoms. The van der Waals surface area contributed by atoms with Gasteiger partial charge in [-0.3, -0.25) is 14.9 Å². The van der Waals surface area contributed by atoms with Crippen molar-refractivity contribution in [3.8, 4) is 0 Å². The summed E-state index contributed by atoms with van der Waals surface area (Å²) >= 11 is 0. The Bertz CT molecular complexity index is 740. The van der Waals surface area contributed by atoms with E-state index in [0.29, 0.717) is 28.3 Å². The summed E-state index contributed by atoms with van der Waals surface area (Å²) in [6.07, 6.45) is 0. The van der Waals surface area contributed by atoms with Gasteiger partial charge in [0.1, 0.15) is 0 Å². The predicted molar refractivity (Wildman–Crippen MR) is 74.9 cm³/mol. The Kier molecular flexibility index (Phi) is 2.64. The number of nitrogens with one attached hydrogen (secondary N) is 2. The summed E-state index contributed by atoms with van der Waals surface area (Å²) in [6.45, 7) is 1.86. The quantitative estimate of drug-likeness (QED) is 0.719. The molecule has 3 rings (SSSR count). The highest BCUT2D eigenvalue weighted by atomic mass is 16.2. The first-order chi connectivity index (χ1) is 9.54. The van der Waals surface area contributed by atoms with Gasteiger partial charge in [0.2, 0.25) is 0 Å². The van der Waals surface area contributed by atoms with E-state index in [1.54, 1.807) is 24.3 Å². The van der Waals surface area contributed by atoms with Gasteiger partial charge in [-0.2, -0.15) is 0 Å². The van der Waals surface area contributed by atoms with Crippen molar-refractivity contribution in [3.05, 3.63) is 47.2 Å². The molecule has 4 N–H and O–H groups in total. The first-order valence-corrected chi connectivity index (χ1v) is 6.04. The highest BCUT2D eigenvalue weighted by molar-refractivity contribution is 6.21. The van der Waals surface area contributed by atoms with E-state index in [9.17, 15) is 9.59 Å². The number of amides is 2. The lowest BCUT2D eigenvalue weighted by Gasteiger charge is -2.09. The van der Waals surface area contributed by atoms with Crippen LogP contribution in [0.5, 0.6) is 0 Å². The Morgan fingerprint density at radius 3 is 2.65 bits per heavy atom. The molecule has 2 aromatic rings. The fourth-order valence-corrected chi connectivity index (χ4v) is 2.05. The number of aromatic nitrogens is 1. The normalized spacial score (nSPS) is 13.1. The second kappa shape index (κ2) is 4.34. The summed E-state index contributed by atoms with van der Waals surface area (Å²) < 4.78 is 0. The van der Waals surface area contributed by atoms with Crippen LogP contribution in [0.4, 0.5) is 17.2 Å². The van der Waals surface area contributed by atoms with Crippen molar-refractivity contribution < 1.29 is 9.59 Å². The lowest BCUT2D eigenvalue weighted by atomic mass is 10.1. The number of nitrogen functional groups attached to an aromatic ring is 1. The predicted octanol–water partition coefficient (Wildman–Crippen LogP) is 1.60. The molecule has 6 nitrogen and oxygen atoms in total. The summed E-state index contributed by atoms with van der Waals surface area (Å²) in [4.78, 5) is 27.4. The maximum Gasteiger partial charge on any atom is 0.259 e. The number of anilines is 3. The molecule has 0 unspecified atom stereocenters. The molecule has 20 heavy (non-hydrogen) atoms. The Balaban J connectivity index is 1.97. The Labute approximate surface area is 115 Å². The fraction of sp³-hybridized carbons (Fsp3) is 0.0714. The minimum atomic E-state index is -0.390. The zero-order valence-corrected chi connectivity index (χ0v) is 10.7. The van der Waals surface area contributed by atoms with Gasteiger partial charge < -0.3 is 11.1 Å². The molecule has 0 aliphatic carbocycles. The van der Waals surface area contributed by atoms with Crippen molar-refractivity contribution in [2.75, 3.05) is 11.1 Å². The molecule has 1 aromatic carbocycles. The van der Waals surface area contributed by atoms with E-state index in [0.717, 1.165) is 5.69 Å². The van der Waals surface area contributed by atoms with Gasteiger partial charge in [-0.25, -0.2) is 4.98 Å². The van der Waals surface area contributed by atoms with E-state index in [1.165, 1.54) is 0 Å². The van der Waals surface area contributed by atoms with E-state index >= 15 is 0 Å². The number of carbonyl (C=O) groups is 2. The number of hydrogen-bond donors (Lipinski definition) is 3. The second-order valence-electron chi connectivity index (χ2n) is 4.56. The number of aryl methyl sites for hydroxylation is 1. The van der Waals surface area contributed by atoms with Crippen LogP contribution in [0.1, 0.15) is 26.4 Å². The zero-order valence-electron chi connectivity index (χ0n) is 10.7. The summed E-state index contributed by atoms with van der Waals surface area (Å²) in [5.41, 5.74) is 8.57. The highest BCUT2D eigenvalue weighted by Gasteiger charge is 2.26. The number of nitrogens with two attached hydrogens (primary N) is 1. The third-order valence-electron chi connectivity index (χ3n) is 3.06. The number of fused-ring (bicyclic) bond motifs is 1. The maximum absolute atomic E-state index is 11.6. The van der Waals surface area contributed by atoms with E-state index in [4.69, 9.17) is 5.73 Å². The molecule has 0 spiro atoms. The maximum atomic E-state index is 11.6. The van der Waals surface area contributed by atoms with Crippen LogP contribution in [0, 0.1) is 6.92 Å². The summed E-state index contributed by atoms with van der Waals surface area (Å²) in [5, 5.41) is 5.30. The van der Waals surface area contributed by atoms with Crippen LogP contribution < -0.4 is 16.4 Å². The largest absolute Gasteiger partial charge is 0.396 e. The third kappa shape index (κ3) is 1.97. The molecule has 0 bridgehead atoms. The number of benzene rings is 1. The molecule has 0 fully saturated rings. The smallest absolute Gasteiger partial charge is 0.259 e. The van der Waals surface area contributed by atoms with Crippen molar-refractivity contribution in [2.45, 2.75) is 6.92 Å². The van der Waals surface area contributed by atoms with Crippen molar-refractivity contribution in [1.82, 2.24) is 10.3 Å². The van der Waals surface area contributed by atoms with E-state index < -0.39 is 0 Å². The lowest BCUT2D eigenvalue weighted by molar-refractivity contribution is 0.0879. The molecule has 100 valence electrons. The fourth-order valence-electron chi connectivity index (χ4n) is 2.05. The summed E-state index contributed by atoms with van der Waals surface area (Å²) in [5.74, 6) is -0.238. The minimum absolute atomic E-state index is 0.353. The Hall–Kier alpha value is -2.89. The Morgan fingerprint density at radius 2 is 1.85 bits per heavy atom. The summed E-state index contributed by atoms with van der Waals surface area (Å²) in [6, 6.07) is 8.49. The number of carbonyl (C=O) groups excluding carboxylic acids is 2. The van der Waals surface area contributed by atoms with Gasteiger partial charge in [0.15, 0.2) is 5.82 Å². The van der Waals surface area contributed by atoms with Gasteiger partial charge in [0.05, 0.1) is 16.8 Å². The molecule has 1 aliphatic rings. The number of pyridine rings is 1. The number of imide groups is 1. The molecular formula is C14H12N4O2. The molecule has 0 saturated heterocycles. The zero-order chi connectivity index (χ0) is 14.3. The lowest BCUT2D eigenvalue weighted by Crippen LogP contribution is -2.19. The first-order valence-electron chi connectivity index (χ1n) is 6.04. The third-order valence-corrected chi connectivity index (χ3v) is 3.06. The molecule has 2 amide bonds. The van der Waals surface area contributed by atoms with Gasteiger partial charge in [-0.15, -0.1) is 0 Å². The first kappa shape index (κ1) is 12.2. The Morgan fingerprint density at radius 1 is 1.10 bits per heavy atom. The average Bonchev–Trinajstić information content (AvgIpc) is 2.69. The van der Waals surface area contributed by atoms with E-state index in [1.807, 2.05) is 13.0 Å². The second-order valence-corrected chi connectivity index (χ2v) is 4.56. The van der Waals surface area contributed by atoms with Crippen LogP contribution in [-0.4, -0.2) is 16.8 Å². The topological polar surface area (TPSA) is 97.1 Å². The number of nitrogens with zero attached hydrogens (tertiary/aromatic N) is 1. The average molecular weight is 268 g/mol. The van der Waals surface area contributed by atoms with Crippen LogP contribution in [0.25, 0.3) is 0 Å². The molecule has 0 radical (unpaired) electrons. The van der Waals surface area contributed by atoms with E-state index in [-0.39, 0.29) is 11.8 Å². The van der Waals surface area contributed by atoms with Crippen LogP contribution in [-0.2, 0) is 0 Å². The summed E-state index contributed by atoms with van der Waals surface area (Å²) in [7, 11) is 0. The minimum Gasteiger partial charge on any atom is -0.396 e. The number of rotatable bonds is 2. The van der Waals surface area contributed by atoms with Gasteiger partial charge in [-0.05, 0) is 37.3 Å². The van der Waals surface area contributed by atoms with Crippen LogP contribution >= 0.6 is 0 Å². The van der Waals surface area contributed by atoms with Crippen LogP contribution in [0.3, 0.4) is 0 Å². The standard InChI is InChI=1S/C14H12N4O2/c1-7-2-5-11(15)12(16-7)17-8-3-4-9-10(6-8)14(20)18-13(9)19/h2-6H,15H2,1H3,(H,16,17)(H,18,19,20). The number of hydrogen-bond acceptors (Lipinski definition) is 5. The van der Waals surface area contributed by atoms with E-state index in [2.05, 4.69) is 15.6 Å². The molecule has 1 aromatic heterocycles. The van der Waals surface area contributed by atoms with Gasteiger partial charge in [0.25, 0.3) is 11.8 Å². The molecule has 1 aliphatic heterocycles. The molecule has 0 atom stereocenters. The molecule has 2 heterocycles. The van der Waals surface area contributed by atoms with Crippen molar-refractivity contribution in [1.29, 1.82) is 0 Å². The van der Waals surface area contributed by atoms with Crippen LogP contribution in [0.2, 0.25) is 0 Å². The van der Waals surface area contributed by atoms with Gasteiger partial charge in [0, 0.05) is 11.4 Å². The van der Waals surface area contributed by atoms with Gasteiger partial charge >= 0.3 is 0 Å². The van der Waals surface area contributed by atoms with Gasteiger partial charge in [-0.1, -0.05) is 0 Å². The SMILES string of the molecule is Cc1ccc(N)c(Nc2ccc3c(c2)C(=O)NC3=O)n1. The molecular weight excluding hydrogens is 256 g/mol. The van der Waals surface area contributed by atoms with Crippen molar-refractivity contribution in [2.24, 2.45) is 0 Å². The monoisotopic (exact) mass is 268 g/mol. The molecule has 0 saturated carbocycles. The highest BCUT2D eigenvalue weighted by Crippen LogP contribution is 2.25. The van der Waals surface area contributed by atoms with Crippen LogP contribution in [0.15, 0.2) is 30.3 Å². The van der Waals surface area contributed by atoms with Crippen molar-refractivity contribution >= 4 is 29.0 Å².